The number of anilines is 1. The summed E-state index contributed by atoms with van der Waals surface area (Å²) in [4.78, 5) is 15.4. The predicted octanol–water partition coefficient (Wildman–Crippen LogP) is 5.03. The summed E-state index contributed by atoms with van der Waals surface area (Å²) in [5.74, 6) is 0.749. The highest BCUT2D eigenvalue weighted by atomic mass is 35.5. The minimum atomic E-state index is -0.0627. The van der Waals surface area contributed by atoms with Gasteiger partial charge in [-0.05, 0) is 43.7 Å². The van der Waals surface area contributed by atoms with Crippen LogP contribution < -0.4 is 15.0 Å². The molecule has 1 saturated heterocycles. The first-order valence-corrected chi connectivity index (χ1v) is 10.8. The van der Waals surface area contributed by atoms with Crippen molar-refractivity contribution in [2.45, 2.75) is 32.4 Å². The molecule has 2 heterocycles. The maximum absolute atomic E-state index is 13.1. The molecule has 1 aliphatic heterocycles. The van der Waals surface area contributed by atoms with Crippen LogP contribution in [0.3, 0.4) is 0 Å². The Morgan fingerprint density at radius 3 is 2.60 bits per heavy atom. The molecule has 3 aromatic rings. The van der Waals surface area contributed by atoms with E-state index in [4.69, 9.17) is 27.9 Å². The molecule has 1 fully saturated rings. The Balaban J connectivity index is 1.71. The molecule has 0 spiro atoms. The molecule has 0 radical (unpaired) electrons. The summed E-state index contributed by atoms with van der Waals surface area (Å²) in [6.45, 7) is 6.10. The summed E-state index contributed by atoms with van der Waals surface area (Å²) in [5, 5.41) is 5.38. The van der Waals surface area contributed by atoms with Gasteiger partial charge in [-0.2, -0.15) is 0 Å². The van der Waals surface area contributed by atoms with E-state index >= 15 is 0 Å². The molecule has 1 N–H and O–H groups in total. The lowest BCUT2D eigenvalue weighted by Crippen LogP contribution is -2.54. The summed E-state index contributed by atoms with van der Waals surface area (Å²) in [7, 11) is 1.68. The standard InChI is InChI=1S/C23H25Cl2N3O2/c1-14-12-27(13-15(2)26-14)20-11-19-16(9-21(20)30-3)7-8-28(19)22(29)10-17-5-4-6-18(24)23(17)25/h4-9,11,14-15,26H,10,12-13H2,1-3H3/t14-,15+. The van der Waals surface area contributed by atoms with E-state index in [2.05, 4.69) is 30.1 Å². The molecular weight excluding hydrogens is 421 g/mol. The summed E-state index contributed by atoms with van der Waals surface area (Å²) < 4.78 is 7.37. The van der Waals surface area contributed by atoms with Gasteiger partial charge in [-0.1, -0.05) is 35.3 Å². The lowest BCUT2D eigenvalue weighted by Gasteiger charge is -2.38. The Hall–Kier alpha value is -2.21. The van der Waals surface area contributed by atoms with E-state index in [0.717, 1.165) is 41.0 Å². The number of carbonyl (C=O) groups is 1. The van der Waals surface area contributed by atoms with E-state index in [1.54, 1.807) is 30.0 Å². The number of ether oxygens (including phenoxy) is 1. The van der Waals surface area contributed by atoms with Crippen LogP contribution in [-0.4, -0.2) is 42.8 Å². The fourth-order valence-electron chi connectivity index (χ4n) is 4.24. The van der Waals surface area contributed by atoms with Gasteiger partial charge in [0.1, 0.15) is 5.75 Å². The van der Waals surface area contributed by atoms with Crippen molar-refractivity contribution in [3.05, 3.63) is 58.2 Å². The van der Waals surface area contributed by atoms with Gasteiger partial charge < -0.3 is 15.0 Å². The predicted molar refractivity (Wildman–Crippen MR) is 124 cm³/mol. The SMILES string of the molecule is COc1cc2ccn(C(=O)Cc3cccc(Cl)c3Cl)c2cc1N1C[C@@H](C)N[C@@H](C)C1. The molecule has 1 aromatic heterocycles. The number of fused-ring (bicyclic) bond motifs is 1. The zero-order valence-corrected chi connectivity index (χ0v) is 18.8. The lowest BCUT2D eigenvalue weighted by molar-refractivity contribution is 0.0919. The van der Waals surface area contributed by atoms with Crippen LogP contribution in [0.2, 0.25) is 10.0 Å². The minimum Gasteiger partial charge on any atom is -0.495 e. The summed E-state index contributed by atoms with van der Waals surface area (Å²) in [6.07, 6.45) is 1.98. The molecule has 7 heteroatoms. The Labute approximate surface area is 186 Å². The van der Waals surface area contributed by atoms with E-state index in [9.17, 15) is 4.79 Å². The molecule has 0 saturated carbocycles. The van der Waals surface area contributed by atoms with Crippen LogP contribution in [0.25, 0.3) is 10.9 Å². The average molecular weight is 446 g/mol. The molecule has 5 nitrogen and oxygen atoms in total. The van der Waals surface area contributed by atoms with Crippen molar-refractivity contribution in [3.8, 4) is 5.75 Å². The summed E-state index contributed by atoms with van der Waals surface area (Å²) in [6, 6.07) is 12.1. The molecule has 1 aliphatic rings. The molecular formula is C23H25Cl2N3O2. The third-order valence-corrected chi connectivity index (χ3v) is 6.39. The van der Waals surface area contributed by atoms with Gasteiger partial charge in [0.25, 0.3) is 0 Å². The number of nitrogens with one attached hydrogen (secondary N) is 1. The second-order valence-corrected chi connectivity index (χ2v) is 8.71. The van der Waals surface area contributed by atoms with Crippen LogP contribution in [0.5, 0.6) is 5.75 Å². The van der Waals surface area contributed by atoms with Gasteiger partial charge in [-0.15, -0.1) is 0 Å². The van der Waals surface area contributed by atoms with Crippen LogP contribution >= 0.6 is 23.2 Å². The third kappa shape index (κ3) is 4.02. The highest BCUT2D eigenvalue weighted by molar-refractivity contribution is 6.42. The minimum absolute atomic E-state index is 0.0627. The highest BCUT2D eigenvalue weighted by Crippen LogP contribution is 2.35. The number of nitrogens with zero attached hydrogens (tertiary/aromatic N) is 2. The van der Waals surface area contributed by atoms with Gasteiger partial charge in [-0.25, -0.2) is 0 Å². The van der Waals surface area contributed by atoms with Crippen molar-refractivity contribution in [1.29, 1.82) is 0 Å². The fourth-order valence-corrected chi connectivity index (χ4v) is 4.62. The number of benzene rings is 2. The largest absolute Gasteiger partial charge is 0.495 e. The number of piperazine rings is 1. The second kappa shape index (κ2) is 8.50. The molecule has 4 rings (SSSR count). The number of rotatable bonds is 4. The third-order valence-electron chi connectivity index (χ3n) is 5.53. The Morgan fingerprint density at radius 2 is 1.90 bits per heavy atom. The van der Waals surface area contributed by atoms with Gasteiger partial charge in [0.2, 0.25) is 5.91 Å². The van der Waals surface area contributed by atoms with Crippen molar-refractivity contribution in [2.24, 2.45) is 0 Å². The van der Waals surface area contributed by atoms with Crippen LogP contribution in [-0.2, 0) is 6.42 Å². The molecule has 158 valence electrons. The van der Waals surface area contributed by atoms with Crippen LogP contribution in [0.4, 0.5) is 5.69 Å². The number of hydrogen-bond donors (Lipinski definition) is 1. The van der Waals surface area contributed by atoms with Crippen molar-refractivity contribution in [3.63, 3.8) is 0 Å². The van der Waals surface area contributed by atoms with E-state index in [1.165, 1.54) is 0 Å². The lowest BCUT2D eigenvalue weighted by atomic mass is 10.1. The summed E-state index contributed by atoms with van der Waals surface area (Å²) >= 11 is 12.4. The molecule has 2 aromatic carbocycles. The van der Waals surface area contributed by atoms with Crippen molar-refractivity contribution in [1.82, 2.24) is 9.88 Å². The van der Waals surface area contributed by atoms with Gasteiger partial charge in [0, 0.05) is 36.8 Å². The number of methoxy groups -OCH3 is 1. The molecule has 2 atom stereocenters. The smallest absolute Gasteiger partial charge is 0.235 e. The zero-order valence-electron chi connectivity index (χ0n) is 17.3. The van der Waals surface area contributed by atoms with Crippen molar-refractivity contribution in [2.75, 3.05) is 25.1 Å². The second-order valence-electron chi connectivity index (χ2n) is 7.93. The normalized spacial score (nSPS) is 19.3. The number of hydrogen-bond acceptors (Lipinski definition) is 4. The zero-order chi connectivity index (χ0) is 21.4. The first-order chi connectivity index (χ1) is 14.4. The van der Waals surface area contributed by atoms with Crippen LogP contribution in [0.1, 0.15) is 24.2 Å². The Morgan fingerprint density at radius 1 is 1.17 bits per heavy atom. The number of halogens is 2. The number of aromatic nitrogens is 1. The molecule has 0 bridgehead atoms. The van der Waals surface area contributed by atoms with Crippen molar-refractivity contribution < 1.29 is 9.53 Å². The van der Waals surface area contributed by atoms with E-state index < -0.39 is 0 Å². The average Bonchev–Trinajstić information content (AvgIpc) is 3.12. The monoisotopic (exact) mass is 445 g/mol. The maximum atomic E-state index is 13.1. The Kier molecular flexibility index (Phi) is 5.96. The topological polar surface area (TPSA) is 46.5 Å². The van der Waals surface area contributed by atoms with E-state index in [-0.39, 0.29) is 12.3 Å². The molecule has 30 heavy (non-hydrogen) atoms. The molecule has 0 amide bonds. The van der Waals surface area contributed by atoms with Crippen LogP contribution in [0, 0.1) is 0 Å². The first-order valence-electron chi connectivity index (χ1n) is 10.0. The van der Waals surface area contributed by atoms with Gasteiger partial charge in [-0.3, -0.25) is 9.36 Å². The fraction of sp³-hybridized carbons (Fsp3) is 0.348. The van der Waals surface area contributed by atoms with E-state index in [0.29, 0.717) is 22.1 Å². The first kappa shape index (κ1) is 21.0. The molecule has 0 aliphatic carbocycles. The van der Waals surface area contributed by atoms with Crippen LogP contribution in [0.15, 0.2) is 42.6 Å². The van der Waals surface area contributed by atoms with Gasteiger partial charge in [0.05, 0.1) is 34.8 Å². The summed E-state index contributed by atoms with van der Waals surface area (Å²) in [5.41, 5.74) is 2.57. The maximum Gasteiger partial charge on any atom is 0.235 e. The quantitative estimate of drug-likeness (QED) is 0.611. The van der Waals surface area contributed by atoms with Gasteiger partial charge >= 0.3 is 0 Å². The number of carbonyl (C=O) groups excluding carboxylic acids is 1. The van der Waals surface area contributed by atoms with Crippen molar-refractivity contribution >= 4 is 45.7 Å². The molecule has 0 unspecified atom stereocenters. The van der Waals surface area contributed by atoms with E-state index in [1.807, 2.05) is 18.2 Å². The highest BCUT2D eigenvalue weighted by Gasteiger charge is 2.24. The Bertz CT molecular complexity index is 1090. The van der Waals surface area contributed by atoms with Gasteiger partial charge in [0.15, 0.2) is 0 Å².